The molecule has 0 saturated carbocycles. The highest BCUT2D eigenvalue weighted by Gasteiger charge is 2.32. The monoisotopic (exact) mass is 245 g/mol. The van der Waals surface area contributed by atoms with Gasteiger partial charge >= 0.3 is 6.18 Å². The first-order chi connectivity index (χ1) is 7.97. The van der Waals surface area contributed by atoms with Crippen molar-refractivity contribution in [3.05, 3.63) is 23.9 Å². The Labute approximate surface area is 98.5 Å². The molecule has 94 valence electrons. The number of piperidine rings is 1. The third kappa shape index (κ3) is 2.90. The minimum absolute atomic E-state index is 0.597. The van der Waals surface area contributed by atoms with Crippen LogP contribution in [0.3, 0.4) is 0 Å². The third-order valence-electron chi connectivity index (χ3n) is 3.12. The maximum atomic E-state index is 12.4. The van der Waals surface area contributed by atoms with Crippen LogP contribution in [0, 0.1) is 5.92 Å². The summed E-state index contributed by atoms with van der Waals surface area (Å²) in [5.41, 5.74) is -0.633. The first-order valence-corrected chi connectivity index (χ1v) is 5.80. The van der Waals surface area contributed by atoms with Gasteiger partial charge in [-0.25, -0.2) is 4.98 Å². The van der Waals surface area contributed by atoms with E-state index in [0.29, 0.717) is 5.92 Å². The van der Waals surface area contributed by atoms with E-state index in [9.17, 15) is 13.2 Å². The number of anilines is 1. The minimum atomic E-state index is -4.27. The van der Waals surface area contributed by atoms with Crippen LogP contribution in [-0.2, 0) is 6.18 Å². The van der Waals surface area contributed by atoms with Gasteiger partial charge in [-0.2, -0.15) is 13.2 Å². The largest absolute Gasteiger partial charge is 0.419 e. The Morgan fingerprint density at radius 2 is 2.12 bits per heavy atom. The molecular formula is C12H16F3N2+. The molecule has 1 aliphatic rings. The van der Waals surface area contributed by atoms with Crippen LogP contribution in [0.1, 0.15) is 25.3 Å². The van der Waals surface area contributed by atoms with Gasteiger partial charge in [-0.3, -0.25) is 4.90 Å². The summed E-state index contributed by atoms with van der Waals surface area (Å²) in [5.74, 6) is 1.36. The molecule has 17 heavy (non-hydrogen) atoms. The van der Waals surface area contributed by atoms with Crippen molar-refractivity contribution in [3.63, 3.8) is 0 Å². The van der Waals surface area contributed by atoms with Crippen molar-refractivity contribution in [1.29, 1.82) is 0 Å². The number of nitrogens with zero attached hydrogens (tertiary/aromatic N) is 1. The number of pyridine rings is 1. The topological polar surface area (TPSA) is 17.4 Å². The van der Waals surface area contributed by atoms with Gasteiger partial charge in [0.15, 0.2) is 0 Å². The van der Waals surface area contributed by atoms with E-state index in [1.165, 1.54) is 12.5 Å². The Bertz CT molecular complexity index is 372. The molecule has 0 amide bonds. The van der Waals surface area contributed by atoms with Gasteiger partial charge in [0.1, 0.15) is 6.20 Å². The summed E-state index contributed by atoms with van der Waals surface area (Å²) in [7, 11) is 0. The fraction of sp³-hybridized carbons (Fsp3) is 0.583. The van der Waals surface area contributed by atoms with E-state index < -0.39 is 11.7 Å². The predicted octanol–water partition coefficient (Wildman–Crippen LogP) is 2.76. The molecule has 0 aliphatic carbocycles. The highest BCUT2D eigenvalue weighted by molar-refractivity contribution is 5.34. The van der Waals surface area contributed by atoms with Crippen molar-refractivity contribution in [2.45, 2.75) is 25.9 Å². The molecule has 2 nitrogen and oxygen atoms in total. The second-order valence-corrected chi connectivity index (χ2v) is 4.65. The zero-order valence-electron chi connectivity index (χ0n) is 9.72. The molecule has 1 fully saturated rings. The van der Waals surface area contributed by atoms with Crippen molar-refractivity contribution in [2.75, 3.05) is 18.0 Å². The molecule has 2 heterocycles. The van der Waals surface area contributed by atoms with Gasteiger partial charge in [0.25, 0.3) is 5.82 Å². The van der Waals surface area contributed by atoms with E-state index in [0.717, 1.165) is 37.6 Å². The molecule has 0 unspecified atom stereocenters. The Kier molecular flexibility index (Phi) is 3.26. The molecule has 1 aromatic rings. The number of aromatic nitrogens is 1. The Balaban J connectivity index is 2.12. The Hall–Kier alpha value is -1.26. The van der Waals surface area contributed by atoms with Gasteiger partial charge in [0, 0.05) is 6.07 Å². The number of halogens is 3. The predicted molar refractivity (Wildman–Crippen MR) is 58.6 cm³/mol. The Morgan fingerprint density at radius 3 is 2.65 bits per heavy atom. The molecule has 0 aromatic carbocycles. The number of nitrogens with one attached hydrogen (secondary N) is 1. The second-order valence-electron chi connectivity index (χ2n) is 4.65. The fourth-order valence-corrected chi connectivity index (χ4v) is 2.20. The summed E-state index contributed by atoms with van der Waals surface area (Å²) in [6.07, 6.45) is -0.952. The molecule has 1 saturated heterocycles. The van der Waals surface area contributed by atoms with Gasteiger partial charge in [-0.05, 0) is 24.8 Å². The number of alkyl halides is 3. The fourth-order valence-electron chi connectivity index (χ4n) is 2.20. The minimum Gasteiger partial charge on any atom is -0.262 e. The number of aromatic amines is 1. The van der Waals surface area contributed by atoms with E-state index in [1.54, 1.807) is 0 Å². The summed E-state index contributed by atoms with van der Waals surface area (Å²) < 4.78 is 37.2. The number of hydrogen-bond acceptors (Lipinski definition) is 1. The molecule has 5 heteroatoms. The summed E-state index contributed by atoms with van der Waals surface area (Å²) >= 11 is 0. The van der Waals surface area contributed by atoms with Gasteiger partial charge in [-0.15, -0.1) is 0 Å². The van der Waals surface area contributed by atoms with Crippen molar-refractivity contribution in [2.24, 2.45) is 5.92 Å². The standard InChI is InChI=1S/C12H15F3N2/c1-9-3-2-6-17(8-9)11-5-4-10(7-16-11)12(13,14)15/h4-5,7,9H,2-3,6,8H2,1H3/p+1/t9-/m1/s1. The third-order valence-corrected chi connectivity index (χ3v) is 3.12. The van der Waals surface area contributed by atoms with Gasteiger partial charge in [-0.1, -0.05) is 6.92 Å². The first kappa shape index (κ1) is 12.2. The highest BCUT2D eigenvalue weighted by atomic mass is 19.4. The lowest BCUT2D eigenvalue weighted by atomic mass is 10.0. The zero-order valence-corrected chi connectivity index (χ0v) is 9.72. The van der Waals surface area contributed by atoms with Crippen LogP contribution < -0.4 is 9.88 Å². The van der Waals surface area contributed by atoms with E-state index >= 15 is 0 Å². The molecule has 0 spiro atoms. The van der Waals surface area contributed by atoms with Crippen LogP contribution in [0.2, 0.25) is 0 Å². The number of hydrogen-bond donors (Lipinski definition) is 0. The van der Waals surface area contributed by atoms with Crippen LogP contribution in [0.5, 0.6) is 0 Å². The van der Waals surface area contributed by atoms with Crippen LogP contribution >= 0.6 is 0 Å². The summed E-state index contributed by atoms with van der Waals surface area (Å²) in [4.78, 5) is 4.85. The van der Waals surface area contributed by atoms with Crippen molar-refractivity contribution < 1.29 is 18.2 Å². The maximum Gasteiger partial charge on any atom is 0.419 e. The van der Waals surface area contributed by atoms with Crippen molar-refractivity contribution in [3.8, 4) is 0 Å². The highest BCUT2D eigenvalue weighted by Crippen LogP contribution is 2.28. The quantitative estimate of drug-likeness (QED) is 0.743. The average Bonchev–Trinajstić information content (AvgIpc) is 2.28. The van der Waals surface area contributed by atoms with Crippen LogP contribution in [0.15, 0.2) is 18.3 Å². The molecule has 1 aliphatic heterocycles. The van der Waals surface area contributed by atoms with E-state index in [2.05, 4.69) is 16.8 Å². The first-order valence-electron chi connectivity index (χ1n) is 5.80. The van der Waals surface area contributed by atoms with Crippen LogP contribution in [-0.4, -0.2) is 13.1 Å². The zero-order chi connectivity index (χ0) is 12.5. The van der Waals surface area contributed by atoms with Gasteiger partial charge in [0.2, 0.25) is 0 Å². The molecular weight excluding hydrogens is 229 g/mol. The summed E-state index contributed by atoms with van der Waals surface area (Å²) in [6.45, 7) is 3.98. The SMILES string of the molecule is C[C@@H]1CCCN(c2ccc(C(F)(F)F)c[nH+]2)C1. The molecule has 2 rings (SSSR count). The van der Waals surface area contributed by atoms with E-state index in [1.807, 2.05) is 0 Å². The molecule has 0 radical (unpaired) electrons. The van der Waals surface area contributed by atoms with Gasteiger partial charge < -0.3 is 0 Å². The average molecular weight is 245 g/mol. The second kappa shape index (κ2) is 4.55. The Morgan fingerprint density at radius 1 is 1.35 bits per heavy atom. The maximum absolute atomic E-state index is 12.4. The normalized spacial score (nSPS) is 21.6. The van der Waals surface area contributed by atoms with Crippen molar-refractivity contribution >= 4 is 5.82 Å². The lowest BCUT2D eigenvalue weighted by molar-refractivity contribution is -0.367. The summed E-state index contributed by atoms with van der Waals surface area (Å²) in [5, 5.41) is 0. The van der Waals surface area contributed by atoms with Gasteiger partial charge in [0.05, 0.1) is 18.7 Å². The van der Waals surface area contributed by atoms with Crippen LogP contribution in [0.25, 0.3) is 0 Å². The molecule has 0 bridgehead atoms. The molecule has 1 atom stereocenters. The van der Waals surface area contributed by atoms with E-state index in [4.69, 9.17) is 0 Å². The van der Waals surface area contributed by atoms with Crippen molar-refractivity contribution in [1.82, 2.24) is 0 Å². The van der Waals surface area contributed by atoms with E-state index in [-0.39, 0.29) is 0 Å². The number of rotatable bonds is 1. The van der Waals surface area contributed by atoms with Crippen LogP contribution in [0.4, 0.5) is 19.0 Å². The molecule has 1 N–H and O–H groups in total. The smallest absolute Gasteiger partial charge is 0.262 e. The number of H-pyrrole nitrogens is 1. The molecule has 1 aromatic heterocycles. The lowest BCUT2D eigenvalue weighted by Gasteiger charge is -2.25. The lowest BCUT2D eigenvalue weighted by Crippen LogP contribution is -2.37. The summed E-state index contributed by atoms with van der Waals surface area (Å²) in [6, 6.07) is 2.64.